The fourth-order valence-electron chi connectivity index (χ4n) is 3.73. The fraction of sp³-hybridized carbons (Fsp3) is 0.0400. The van der Waals surface area contributed by atoms with Crippen molar-refractivity contribution in [2.75, 3.05) is 0 Å². The van der Waals surface area contributed by atoms with Crippen molar-refractivity contribution in [3.05, 3.63) is 95.0 Å². The van der Waals surface area contributed by atoms with Gasteiger partial charge in [-0.15, -0.1) is 0 Å². The Morgan fingerprint density at radius 1 is 0.704 bits per heavy atom. The molecule has 4 aromatic carbocycles. The minimum atomic E-state index is 0.920. The molecule has 1 aromatic heterocycles. The largest absolute Gasteiger partial charge is 0.455 e. The first-order chi connectivity index (χ1) is 13.2. The summed E-state index contributed by atoms with van der Waals surface area (Å²) in [5, 5.41) is 2.27. The highest BCUT2D eigenvalue weighted by Gasteiger charge is 2.15. The van der Waals surface area contributed by atoms with Gasteiger partial charge < -0.3 is 4.42 Å². The summed E-state index contributed by atoms with van der Waals surface area (Å²) in [6.07, 6.45) is 0. The second-order valence-electron chi connectivity index (χ2n) is 6.85. The average molecular weight is 413 g/mol. The van der Waals surface area contributed by atoms with Crippen LogP contribution < -0.4 is 0 Å². The number of halogens is 1. The van der Waals surface area contributed by atoms with E-state index in [4.69, 9.17) is 4.42 Å². The molecule has 0 unspecified atom stereocenters. The van der Waals surface area contributed by atoms with Crippen LogP contribution in [0.5, 0.6) is 0 Å². The lowest BCUT2D eigenvalue weighted by molar-refractivity contribution is 0.669. The number of aryl methyl sites for hydroxylation is 1. The van der Waals surface area contributed by atoms with Crippen molar-refractivity contribution in [1.29, 1.82) is 0 Å². The summed E-state index contributed by atoms with van der Waals surface area (Å²) in [4.78, 5) is 0. The number of furan rings is 1. The third-order valence-corrected chi connectivity index (χ3v) is 5.60. The van der Waals surface area contributed by atoms with Crippen LogP contribution in [0.15, 0.2) is 93.8 Å². The van der Waals surface area contributed by atoms with Crippen LogP contribution in [0.3, 0.4) is 0 Å². The Morgan fingerprint density at radius 3 is 2.30 bits per heavy atom. The lowest BCUT2D eigenvalue weighted by atomic mass is 9.98. The molecule has 0 aliphatic heterocycles. The molecule has 0 aliphatic carbocycles. The van der Waals surface area contributed by atoms with Gasteiger partial charge >= 0.3 is 0 Å². The van der Waals surface area contributed by atoms with Gasteiger partial charge in [-0.25, -0.2) is 0 Å². The Balaban J connectivity index is 1.76. The van der Waals surface area contributed by atoms with E-state index >= 15 is 0 Å². The second kappa shape index (κ2) is 6.40. The molecule has 2 heteroatoms. The van der Waals surface area contributed by atoms with Gasteiger partial charge in [0.1, 0.15) is 11.2 Å². The highest BCUT2D eigenvalue weighted by Crippen LogP contribution is 2.40. The standard InChI is InChI=1S/C25H17BrO/c1-16-13-22(26)24-21-12-6-11-20(25(21)27-23(24)14-16)19-10-5-9-18(15-19)17-7-3-2-4-8-17/h2-15H,1H3. The molecule has 0 N–H and O–H groups in total. The van der Waals surface area contributed by atoms with Crippen molar-refractivity contribution in [3.8, 4) is 22.3 Å². The number of rotatable bonds is 2. The molecule has 0 amide bonds. The summed E-state index contributed by atoms with van der Waals surface area (Å²) < 4.78 is 7.39. The molecule has 0 fully saturated rings. The molecule has 130 valence electrons. The third-order valence-electron chi connectivity index (χ3n) is 4.98. The van der Waals surface area contributed by atoms with Crippen molar-refractivity contribution in [2.24, 2.45) is 0 Å². The normalized spacial score (nSPS) is 11.3. The summed E-state index contributed by atoms with van der Waals surface area (Å²) in [5.74, 6) is 0. The Hall–Kier alpha value is -2.84. The van der Waals surface area contributed by atoms with Gasteiger partial charge in [-0.3, -0.25) is 0 Å². The van der Waals surface area contributed by atoms with Gasteiger partial charge in [0.2, 0.25) is 0 Å². The van der Waals surface area contributed by atoms with Gasteiger partial charge in [0.25, 0.3) is 0 Å². The summed E-state index contributed by atoms with van der Waals surface area (Å²) in [7, 11) is 0. The first-order valence-corrected chi connectivity index (χ1v) is 9.77. The summed E-state index contributed by atoms with van der Waals surface area (Å²) in [6, 6.07) is 29.7. The number of hydrogen-bond donors (Lipinski definition) is 0. The maximum Gasteiger partial charge on any atom is 0.143 e. The van der Waals surface area contributed by atoms with E-state index in [9.17, 15) is 0 Å². The van der Waals surface area contributed by atoms with Crippen molar-refractivity contribution < 1.29 is 4.42 Å². The van der Waals surface area contributed by atoms with Crippen LogP contribution in [0.25, 0.3) is 44.2 Å². The van der Waals surface area contributed by atoms with Gasteiger partial charge in [-0.05, 0) is 47.4 Å². The molecule has 0 bridgehead atoms. The first-order valence-electron chi connectivity index (χ1n) is 8.98. The van der Waals surface area contributed by atoms with Gasteiger partial charge in [0.05, 0.1) is 0 Å². The van der Waals surface area contributed by atoms with Crippen LogP contribution in [0, 0.1) is 6.92 Å². The van der Waals surface area contributed by atoms with Gasteiger partial charge in [-0.1, -0.05) is 82.7 Å². The van der Waals surface area contributed by atoms with Crippen molar-refractivity contribution in [2.45, 2.75) is 6.92 Å². The van der Waals surface area contributed by atoms with Crippen LogP contribution in [0.1, 0.15) is 5.56 Å². The van der Waals surface area contributed by atoms with Gasteiger partial charge in [-0.2, -0.15) is 0 Å². The smallest absolute Gasteiger partial charge is 0.143 e. The summed E-state index contributed by atoms with van der Waals surface area (Å²) >= 11 is 3.71. The van der Waals surface area contributed by atoms with E-state index in [0.717, 1.165) is 37.5 Å². The van der Waals surface area contributed by atoms with Crippen molar-refractivity contribution >= 4 is 37.9 Å². The molecule has 0 radical (unpaired) electrons. The molecule has 27 heavy (non-hydrogen) atoms. The molecule has 0 spiro atoms. The second-order valence-corrected chi connectivity index (χ2v) is 7.71. The zero-order valence-corrected chi connectivity index (χ0v) is 16.5. The predicted octanol–water partition coefficient (Wildman–Crippen LogP) is 7.99. The maximum atomic E-state index is 6.32. The molecule has 1 nitrogen and oxygen atoms in total. The first kappa shape index (κ1) is 16.3. The lowest BCUT2D eigenvalue weighted by Gasteiger charge is -2.07. The van der Waals surface area contributed by atoms with Crippen molar-refractivity contribution in [3.63, 3.8) is 0 Å². The molecule has 0 saturated carbocycles. The maximum absolute atomic E-state index is 6.32. The molecular weight excluding hydrogens is 396 g/mol. The van der Waals surface area contributed by atoms with E-state index in [1.165, 1.54) is 16.7 Å². The van der Waals surface area contributed by atoms with Gasteiger partial charge in [0, 0.05) is 20.8 Å². The van der Waals surface area contributed by atoms with Crippen LogP contribution in [-0.2, 0) is 0 Å². The van der Waals surface area contributed by atoms with Crippen LogP contribution in [0.2, 0.25) is 0 Å². The summed E-state index contributed by atoms with van der Waals surface area (Å²) in [6.45, 7) is 2.08. The Kier molecular flexibility index (Phi) is 3.87. The molecule has 5 aromatic rings. The Bertz CT molecular complexity index is 1280. The quantitative estimate of drug-likeness (QED) is 0.286. The molecule has 1 heterocycles. The minimum absolute atomic E-state index is 0.920. The van der Waals surface area contributed by atoms with E-state index in [1.54, 1.807) is 0 Å². The molecule has 0 saturated heterocycles. The topological polar surface area (TPSA) is 13.1 Å². The Morgan fingerprint density at radius 2 is 1.44 bits per heavy atom. The number of benzene rings is 4. The summed E-state index contributed by atoms with van der Waals surface area (Å²) in [5.41, 5.74) is 7.74. The number of fused-ring (bicyclic) bond motifs is 3. The van der Waals surface area contributed by atoms with E-state index in [2.05, 4.69) is 102 Å². The molecule has 0 aliphatic rings. The van der Waals surface area contributed by atoms with E-state index in [1.807, 2.05) is 6.07 Å². The van der Waals surface area contributed by atoms with E-state index in [0.29, 0.717) is 0 Å². The highest BCUT2D eigenvalue weighted by atomic mass is 79.9. The van der Waals surface area contributed by atoms with Crippen LogP contribution in [-0.4, -0.2) is 0 Å². The number of hydrogen-bond acceptors (Lipinski definition) is 1. The molecule has 0 atom stereocenters. The third kappa shape index (κ3) is 2.77. The average Bonchev–Trinajstić information content (AvgIpc) is 3.07. The molecular formula is C25H17BrO. The van der Waals surface area contributed by atoms with Crippen LogP contribution in [0.4, 0.5) is 0 Å². The fourth-order valence-corrected chi connectivity index (χ4v) is 4.50. The van der Waals surface area contributed by atoms with E-state index < -0.39 is 0 Å². The lowest BCUT2D eigenvalue weighted by Crippen LogP contribution is -1.82. The predicted molar refractivity (Wildman–Crippen MR) is 117 cm³/mol. The molecule has 5 rings (SSSR count). The van der Waals surface area contributed by atoms with Crippen molar-refractivity contribution in [1.82, 2.24) is 0 Å². The zero-order valence-electron chi connectivity index (χ0n) is 14.9. The monoisotopic (exact) mass is 412 g/mol. The SMILES string of the molecule is Cc1cc(Br)c2c(c1)oc1c(-c3cccc(-c4ccccc4)c3)cccc12. The zero-order chi connectivity index (χ0) is 18.4. The Labute approximate surface area is 166 Å². The van der Waals surface area contributed by atoms with E-state index in [-0.39, 0.29) is 0 Å². The highest BCUT2D eigenvalue weighted by molar-refractivity contribution is 9.10. The minimum Gasteiger partial charge on any atom is -0.455 e. The number of para-hydroxylation sites is 1. The van der Waals surface area contributed by atoms with Crippen LogP contribution >= 0.6 is 15.9 Å². The van der Waals surface area contributed by atoms with Gasteiger partial charge in [0.15, 0.2) is 0 Å².